The fourth-order valence-corrected chi connectivity index (χ4v) is 1.02. The molecule has 0 aromatic heterocycles. The van der Waals surface area contributed by atoms with Crippen molar-refractivity contribution in [3.05, 3.63) is 10.1 Å². The number of nitrogens with two attached hydrogens (primary N) is 2. The number of aliphatic hydroxyl groups excluding tert-OH is 1. The van der Waals surface area contributed by atoms with E-state index in [1.54, 1.807) is 0 Å². The van der Waals surface area contributed by atoms with Crippen LogP contribution in [-0.2, 0) is 4.79 Å². The van der Waals surface area contributed by atoms with Gasteiger partial charge in [0.25, 0.3) is 5.96 Å². The van der Waals surface area contributed by atoms with Gasteiger partial charge in [-0.2, -0.15) is 0 Å². The lowest BCUT2D eigenvalue weighted by Crippen LogP contribution is -2.41. The summed E-state index contributed by atoms with van der Waals surface area (Å²) in [7, 11) is 0. The Kier molecular flexibility index (Phi) is 9.76. The van der Waals surface area contributed by atoms with Crippen molar-refractivity contribution in [2.75, 3.05) is 6.54 Å². The number of hydrogen-bond donors (Lipinski definition) is 5. The first kappa shape index (κ1) is 18.7. The van der Waals surface area contributed by atoms with Gasteiger partial charge in [0.1, 0.15) is 5.10 Å². The highest BCUT2D eigenvalue weighted by atomic mass is 35.5. The molecule has 0 saturated carbocycles. The van der Waals surface area contributed by atoms with E-state index in [0.29, 0.717) is 6.42 Å². The van der Waals surface area contributed by atoms with E-state index in [4.69, 9.17) is 21.7 Å². The summed E-state index contributed by atoms with van der Waals surface area (Å²) in [4.78, 5) is 20.2. The number of nitro groups is 1. The number of nitrogens with one attached hydrogen (secondary N) is 1. The summed E-state index contributed by atoms with van der Waals surface area (Å²) in [6, 6.07) is -0.900. The topological polar surface area (TPSA) is 177 Å². The Labute approximate surface area is 109 Å². The number of aliphatic carboxylic acids is 1. The highest BCUT2D eigenvalue weighted by Gasteiger charge is 2.21. The van der Waals surface area contributed by atoms with Crippen LogP contribution in [-0.4, -0.2) is 45.9 Å². The standard InChI is InChI=1S/C7H15N5O5.ClH/c8-4(5(13)6(14)15)2-1-3-10-7(9)11-12(16)17;/h4-5,13H,1-3,8H2,(H,14,15)(H3,9,10,11);1H. The monoisotopic (exact) mass is 285 g/mol. The van der Waals surface area contributed by atoms with Crippen LogP contribution in [0, 0.1) is 10.1 Å². The molecule has 0 aliphatic rings. The summed E-state index contributed by atoms with van der Waals surface area (Å²) in [6.07, 6.45) is -1.01. The van der Waals surface area contributed by atoms with Gasteiger partial charge in [0.2, 0.25) is 0 Å². The van der Waals surface area contributed by atoms with Crippen molar-refractivity contribution in [1.82, 2.24) is 5.32 Å². The number of rotatable bonds is 7. The third kappa shape index (κ3) is 8.50. The summed E-state index contributed by atoms with van der Waals surface area (Å²) >= 11 is 0. The number of carboxylic acid groups (broad SMARTS) is 1. The van der Waals surface area contributed by atoms with Crippen LogP contribution in [0.1, 0.15) is 12.8 Å². The number of nitrogens with zero attached hydrogens (tertiary/aromatic N) is 2. The van der Waals surface area contributed by atoms with Crippen LogP contribution in [0.15, 0.2) is 5.10 Å². The molecule has 106 valence electrons. The van der Waals surface area contributed by atoms with Crippen LogP contribution in [0.5, 0.6) is 0 Å². The number of hydrazone groups is 1. The summed E-state index contributed by atoms with van der Waals surface area (Å²) in [5.41, 5.74) is 10.5. The second-order valence-corrected chi connectivity index (χ2v) is 3.24. The first-order valence-corrected chi connectivity index (χ1v) is 4.73. The number of carboxylic acids is 1. The maximum Gasteiger partial charge on any atom is 0.334 e. The fraction of sp³-hybridized carbons (Fsp3) is 0.714. The van der Waals surface area contributed by atoms with E-state index < -0.39 is 23.1 Å². The molecule has 0 saturated heterocycles. The molecule has 0 heterocycles. The van der Waals surface area contributed by atoms with Crippen molar-refractivity contribution in [3.8, 4) is 0 Å². The zero-order chi connectivity index (χ0) is 13.4. The molecular weight excluding hydrogens is 270 g/mol. The Morgan fingerprint density at radius 1 is 1.56 bits per heavy atom. The van der Waals surface area contributed by atoms with Crippen LogP contribution in [0.3, 0.4) is 0 Å². The van der Waals surface area contributed by atoms with Gasteiger partial charge in [0.05, 0.1) is 0 Å². The second-order valence-electron chi connectivity index (χ2n) is 3.24. The first-order valence-electron chi connectivity index (χ1n) is 4.73. The van der Waals surface area contributed by atoms with Crippen LogP contribution in [0.25, 0.3) is 0 Å². The molecule has 0 radical (unpaired) electrons. The van der Waals surface area contributed by atoms with Gasteiger partial charge in [-0.3, -0.25) is 0 Å². The van der Waals surface area contributed by atoms with Crippen molar-refractivity contribution in [2.24, 2.45) is 16.6 Å². The quantitative estimate of drug-likeness (QED) is 0.118. The molecule has 0 aromatic rings. The number of hydrogen-bond acceptors (Lipinski definition) is 5. The molecule has 0 aliphatic heterocycles. The Bertz CT molecular complexity index is 313. The van der Waals surface area contributed by atoms with Gasteiger partial charge in [0, 0.05) is 12.6 Å². The summed E-state index contributed by atoms with van der Waals surface area (Å²) in [5.74, 6) is -1.73. The Balaban J connectivity index is 0. The highest BCUT2D eigenvalue weighted by molar-refractivity contribution is 5.85. The minimum absolute atomic E-state index is 0. The largest absolute Gasteiger partial charge is 0.479 e. The molecule has 0 bridgehead atoms. The van der Waals surface area contributed by atoms with Crippen LogP contribution >= 0.6 is 12.4 Å². The molecule has 7 N–H and O–H groups in total. The molecule has 0 rings (SSSR count). The van der Waals surface area contributed by atoms with E-state index in [9.17, 15) is 14.9 Å². The van der Waals surface area contributed by atoms with Crippen LogP contribution < -0.4 is 16.8 Å². The van der Waals surface area contributed by atoms with E-state index in [1.807, 2.05) is 0 Å². The number of aliphatic hydroxyl groups is 1. The van der Waals surface area contributed by atoms with E-state index in [2.05, 4.69) is 10.4 Å². The van der Waals surface area contributed by atoms with Gasteiger partial charge in [-0.05, 0) is 12.8 Å². The summed E-state index contributed by atoms with van der Waals surface area (Å²) < 4.78 is 0. The molecule has 11 heteroatoms. The molecule has 2 atom stereocenters. The average Bonchev–Trinajstić information content (AvgIpc) is 2.21. The zero-order valence-electron chi connectivity index (χ0n) is 9.35. The Hall–Kier alpha value is -1.65. The highest BCUT2D eigenvalue weighted by Crippen LogP contribution is 1.99. The zero-order valence-corrected chi connectivity index (χ0v) is 10.2. The number of carbonyl (C=O) groups is 1. The number of guanidine groups is 1. The lowest BCUT2D eigenvalue weighted by molar-refractivity contribution is -0.485. The predicted octanol–water partition coefficient (Wildman–Crippen LogP) is -1.94. The van der Waals surface area contributed by atoms with Gasteiger partial charge in [-0.15, -0.1) is 12.4 Å². The molecule has 0 fully saturated rings. The van der Waals surface area contributed by atoms with Crippen molar-refractivity contribution in [1.29, 1.82) is 0 Å². The van der Waals surface area contributed by atoms with Gasteiger partial charge in [-0.1, -0.05) is 0 Å². The Morgan fingerprint density at radius 3 is 2.56 bits per heavy atom. The van der Waals surface area contributed by atoms with E-state index >= 15 is 0 Å². The third-order valence-electron chi connectivity index (χ3n) is 1.87. The van der Waals surface area contributed by atoms with Gasteiger partial charge < -0.3 is 27.0 Å². The maximum atomic E-state index is 10.3. The van der Waals surface area contributed by atoms with Crippen molar-refractivity contribution in [2.45, 2.75) is 25.0 Å². The molecule has 10 nitrogen and oxygen atoms in total. The van der Waals surface area contributed by atoms with Crippen molar-refractivity contribution in [3.63, 3.8) is 0 Å². The molecular formula is C7H16ClN5O5. The van der Waals surface area contributed by atoms with E-state index in [1.165, 1.54) is 0 Å². The van der Waals surface area contributed by atoms with E-state index in [-0.39, 0.29) is 31.3 Å². The lowest BCUT2D eigenvalue weighted by atomic mass is 10.1. The molecule has 0 aliphatic carbocycles. The van der Waals surface area contributed by atoms with Gasteiger partial charge >= 0.3 is 5.97 Å². The smallest absolute Gasteiger partial charge is 0.334 e. The van der Waals surface area contributed by atoms with Gasteiger partial charge in [0.15, 0.2) is 11.1 Å². The SMILES string of the molecule is Cl.NC(=N[N+](=O)[O-])NCCCC(N)C(O)C(=O)O. The Morgan fingerprint density at radius 2 is 2.11 bits per heavy atom. The average molecular weight is 286 g/mol. The summed E-state index contributed by atoms with van der Waals surface area (Å²) in [6.45, 7) is 0.239. The second kappa shape index (κ2) is 9.39. The number of halogens is 1. The fourth-order valence-electron chi connectivity index (χ4n) is 1.02. The normalized spacial score (nSPS) is 14.2. The predicted molar refractivity (Wildman–Crippen MR) is 64.7 cm³/mol. The van der Waals surface area contributed by atoms with Crippen molar-refractivity contribution >= 4 is 24.3 Å². The first-order chi connectivity index (χ1) is 7.84. The minimum atomic E-state index is -1.63. The summed E-state index contributed by atoms with van der Waals surface area (Å²) in [5, 5.41) is 31.7. The van der Waals surface area contributed by atoms with Crippen molar-refractivity contribution < 1.29 is 20.0 Å². The maximum absolute atomic E-state index is 10.3. The molecule has 18 heavy (non-hydrogen) atoms. The molecule has 0 aromatic carbocycles. The third-order valence-corrected chi connectivity index (χ3v) is 1.87. The van der Waals surface area contributed by atoms with E-state index in [0.717, 1.165) is 0 Å². The minimum Gasteiger partial charge on any atom is -0.479 e. The van der Waals surface area contributed by atoms with Crippen LogP contribution in [0.2, 0.25) is 0 Å². The van der Waals surface area contributed by atoms with Crippen LogP contribution in [0.4, 0.5) is 0 Å². The molecule has 0 amide bonds. The molecule has 0 spiro atoms. The van der Waals surface area contributed by atoms with Gasteiger partial charge in [-0.25, -0.2) is 14.9 Å². The molecule has 2 unspecified atom stereocenters. The lowest BCUT2D eigenvalue weighted by Gasteiger charge is -2.14.